The van der Waals surface area contributed by atoms with Crippen LogP contribution in [0.5, 0.6) is 0 Å². The first-order valence-corrected chi connectivity index (χ1v) is 4.99. The Kier molecular flexibility index (Phi) is 3.80. The fraction of sp³-hybridized carbons (Fsp3) is 0.455. The predicted molar refractivity (Wildman–Crippen MR) is 60.2 cm³/mol. The summed E-state index contributed by atoms with van der Waals surface area (Å²) in [7, 11) is 0. The molecule has 82 valence electrons. The number of rotatable bonds is 4. The minimum Gasteiger partial charge on any atom is -0.384 e. The number of nitrogens with two attached hydrogens (primary N) is 2. The standard InChI is InChI=1S/C11H17N3O/c1-7(8(2)12)10(15)5-9-3-4-14-11(13)6-9/h3-4,6-8H,5,12H2,1-2H3,(H2,13,14). The number of aromatic nitrogens is 1. The van der Waals surface area contributed by atoms with Gasteiger partial charge in [0.15, 0.2) is 0 Å². The number of nitrogens with zero attached hydrogens (tertiary/aromatic N) is 1. The summed E-state index contributed by atoms with van der Waals surface area (Å²) in [6.07, 6.45) is 1.98. The second-order valence-electron chi connectivity index (χ2n) is 3.88. The third-order valence-electron chi connectivity index (χ3n) is 2.52. The van der Waals surface area contributed by atoms with Gasteiger partial charge in [-0.1, -0.05) is 6.92 Å². The number of hydrogen-bond donors (Lipinski definition) is 2. The van der Waals surface area contributed by atoms with Gasteiger partial charge in [0.25, 0.3) is 0 Å². The fourth-order valence-corrected chi connectivity index (χ4v) is 1.26. The molecule has 1 aromatic rings. The van der Waals surface area contributed by atoms with E-state index in [-0.39, 0.29) is 17.7 Å². The molecule has 4 nitrogen and oxygen atoms in total. The van der Waals surface area contributed by atoms with Crippen molar-refractivity contribution in [1.29, 1.82) is 0 Å². The van der Waals surface area contributed by atoms with Crippen LogP contribution in [-0.2, 0) is 11.2 Å². The van der Waals surface area contributed by atoms with Crippen LogP contribution in [0.3, 0.4) is 0 Å². The number of pyridine rings is 1. The zero-order chi connectivity index (χ0) is 11.4. The van der Waals surface area contributed by atoms with Crippen LogP contribution in [0.25, 0.3) is 0 Å². The minimum atomic E-state index is -0.126. The van der Waals surface area contributed by atoms with E-state index >= 15 is 0 Å². The first kappa shape index (κ1) is 11.7. The van der Waals surface area contributed by atoms with Crippen LogP contribution >= 0.6 is 0 Å². The van der Waals surface area contributed by atoms with E-state index in [0.29, 0.717) is 12.2 Å². The van der Waals surface area contributed by atoms with Crippen molar-refractivity contribution in [2.75, 3.05) is 5.73 Å². The average molecular weight is 207 g/mol. The zero-order valence-electron chi connectivity index (χ0n) is 9.10. The lowest BCUT2D eigenvalue weighted by atomic mass is 9.95. The lowest BCUT2D eigenvalue weighted by Crippen LogP contribution is -2.31. The van der Waals surface area contributed by atoms with Crippen LogP contribution in [0.1, 0.15) is 19.4 Å². The van der Waals surface area contributed by atoms with E-state index in [4.69, 9.17) is 11.5 Å². The quantitative estimate of drug-likeness (QED) is 0.763. The monoisotopic (exact) mass is 207 g/mol. The molecule has 0 fully saturated rings. The number of nitrogen functional groups attached to an aromatic ring is 1. The van der Waals surface area contributed by atoms with E-state index in [1.165, 1.54) is 0 Å². The Labute approximate surface area is 89.7 Å². The van der Waals surface area contributed by atoms with Crippen molar-refractivity contribution in [3.8, 4) is 0 Å². The normalized spacial score (nSPS) is 14.6. The molecule has 1 rings (SSSR count). The van der Waals surface area contributed by atoms with Gasteiger partial charge >= 0.3 is 0 Å². The summed E-state index contributed by atoms with van der Waals surface area (Å²) < 4.78 is 0. The third kappa shape index (κ3) is 3.32. The Morgan fingerprint density at radius 1 is 1.53 bits per heavy atom. The Bertz CT molecular complexity index is 349. The number of anilines is 1. The SMILES string of the molecule is CC(N)C(C)C(=O)Cc1ccnc(N)c1. The van der Waals surface area contributed by atoms with E-state index in [9.17, 15) is 4.79 Å². The molecule has 0 amide bonds. The van der Waals surface area contributed by atoms with Gasteiger partial charge in [-0.2, -0.15) is 0 Å². The highest BCUT2D eigenvalue weighted by Gasteiger charge is 2.17. The van der Waals surface area contributed by atoms with E-state index in [2.05, 4.69) is 4.98 Å². The first-order valence-electron chi connectivity index (χ1n) is 4.99. The second kappa shape index (κ2) is 4.89. The highest BCUT2D eigenvalue weighted by atomic mass is 16.1. The van der Waals surface area contributed by atoms with Crippen molar-refractivity contribution in [3.05, 3.63) is 23.9 Å². The van der Waals surface area contributed by atoms with Crippen molar-refractivity contribution < 1.29 is 4.79 Å². The largest absolute Gasteiger partial charge is 0.384 e. The second-order valence-corrected chi connectivity index (χ2v) is 3.88. The van der Waals surface area contributed by atoms with Gasteiger partial charge in [-0.3, -0.25) is 4.79 Å². The van der Waals surface area contributed by atoms with Gasteiger partial charge in [0.1, 0.15) is 11.6 Å². The lowest BCUT2D eigenvalue weighted by Gasteiger charge is -2.13. The summed E-state index contributed by atoms with van der Waals surface area (Å²) in [6, 6.07) is 3.39. The third-order valence-corrected chi connectivity index (χ3v) is 2.52. The summed E-state index contributed by atoms with van der Waals surface area (Å²) in [5.74, 6) is 0.448. The van der Waals surface area contributed by atoms with Crippen molar-refractivity contribution in [3.63, 3.8) is 0 Å². The number of carbonyl (C=O) groups is 1. The van der Waals surface area contributed by atoms with E-state index in [1.54, 1.807) is 18.3 Å². The number of carbonyl (C=O) groups excluding carboxylic acids is 1. The van der Waals surface area contributed by atoms with Gasteiger partial charge in [0.2, 0.25) is 0 Å². The highest BCUT2D eigenvalue weighted by molar-refractivity contribution is 5.83. The van der Waals surface area contributed by atoms with Crippen LogP contribution in [0, 0.1) is 5.92 Å². The number of hydrogen-bond acceptors (Lipinski definition) is 4. The molecular weight excluding hydrogens is 190 g/mol. The Hall–Kier alpha value is -1.42. The molecule has 0 spiro atoms. The zero-order valence-corrected chi connectivity index (χ0v) is 9.10. The highest BCUT2D eigenvalue weighted by Crippen LogP contribution is 2.09. The maximum atomic E-state index is 11.7. The van der Waals surface area contributed by atoms with Crippen LogP contribution in [0.15, 0.2) is 18.3 Å². The van der Waals surface area contributed by atoms with Gasteiger partial charge in [0.05, 0.1) is 0 Å². The topological polar surface area (TPSA) is 82.0 Å². The molecule has 0 radical (unpaired) electrons. The molecule has 4 heteroatoms. The van der Waals surface area contributed by atoms with Gasteiger partial charge in [-0.15, -0.1) is 0 Å². The summed E-state index contributed by atoms with van der Waals surface area (Å²) in [5, 5.41) is 0. The van der Waals surface area contributed by atoms with Crippen LogP contribution in [-0.4, -0.2) is 16.8 Å². The van der Waals surface area contributed by atoms with Crippen molar-refractivity contribution in [2.45, 2.75) is 26.3 Å². The van der Waals surface area contributed by atoms with Gasteiger partial charge in [-0.25, -0.2) is 4.98 Å². The Balaban J connectivity index is 2.66. The molecule has 1 heterocycles. The predicted octanol–water partition coefficient (Wildman–Crippen LogP) is 0.759. The van der Waals surface area contributed by atoms with Crippen molar-refractivity contribution in [2.24, 2.45) is 11.7 Å². The van der Waals surface area contributed by atoms with E-state index in [1.807, 2.05) is 13.8 Å². The molecule has 0 aromatic carbocycles. The summed E-state index contributed by atoms with van der Waals surface area (Å²) >= 11 is 0. The maximum absolute atomic E-state index is 11.7. The molecule has 0 aliphatic carbocycles. The Morgan fingerprint density at radius 3 is 2.73 bits per heavy atom. The van der Waals surface area contributed by atoms with E-state index < -0.39 is 0 Å². The molecule has 2 atom stereocenters. The number of Topliss-reactive ketones (excluding diaryl/α,β-unsaturated/α-hetero) is 1. The molecule has 0 aliphatic heterocycles. The molecule has 0 saturated carbocycles. The molecular formula is C11H17N3O. The summed E-state index contributed by atoms with van der Waals surface area (Å²) in [5.41, 5.74) is 12.1. The van der Waals surface area contributed by atoms with Crippen LogP contribution in [0.2, 0.25) is 0 Å². The number of ketones is 1. The molecule has 1 aromatic heterocycles. The Morgan fingerprint density at radius 2 is 2.20 bits per heavy atom. The first-order chi connectivity index (χ1) is 7.00. The molecule has 0 bridgehead atoms. The molecule has 15 heavy (non-hydrogen) atoms. The summed E-state index contributed by atoms with van der Waals surface area (Å²) in [4.78, 5) is 15.6. The van der Waals surface area contributed by atoms with Gasteiger partial charge < -0.3 is 11.5 Å². The lowest BCUT2D eigenvalue weighted by molar-refractivity contribution is -0.122. The van der Waals surface area contributed by atoms with Crippen LogP contribution < -0.4 is 11.5 Å². The van der Waals surface area contributed by atoms with Crippen molar-refractivity contribution in [1.82, 2.24) is 4.98 Å². The maximum Gasteiger partial charge on any atom is 0.141 e. The van der Waals surface area contributed by atoms with Gasteiger partial charge in [-0.05, 0) is 24.6 Å². The summed E-state index contributed by atoms with van der Waals surface area (Å²) in [6.45, 7) is 3.68. The fourth-order valence-electron chi connectivity index (χ4n) is 1.26. The molecule has 4 N–H and O–H groups in total. The average Bonchev–Trinajstić information content (AvgIpc) is 2.16. The van der Waals surface area contributed by atoms with Crippen molar-refractivity contribution >= 4 is 11.6 Å². The minimum absolute atomic E-state index is 0.114. The molecule has 0 aliphatic rings. The van der Waals surface area contributed by atoms with E-state index in [0.717, 1.165) is 5.56 Å². The molecule has 0 saturated heterocycles. The molecule has 2 unspecified atom stereocenters. The smallest absolute Gasteiger partial charge is 0.141 e. The van der Waals surface area contributed by atoms with Gasteiger partial charge in [0, 0.05) is 24.6 Å². The van der Waals surface area contributed by atoms with Crippen LogP contribution in [0.4, 0.5) is 5.82 Å².